The van der Waals surface area contributed by atoms with E-state index in [2.05, 4.69) is 55.5 Å². The van der Waals surface area contributed by atoms with Gasteiger partial charge in [0.25, 0.3) is 0 Å². The predicted molar refractivity (Wildman–Crippen MR) is 86.5 cm³/mol. The summed E-state index contributed by atoms with van der Waals surface area (Å²) in [6, 6.07) is 0. The molecular formula is C15H26BrN3O. The highest BCUT2D eigenvalue weighted by Gasteiger charge is 2.30. The minimum Gasteiger partial charge on any atom is -0.383 e. The third-order valence-corrected chi connectivity index (χ3v) is 3.78. The Morgan fingerprint density at radius 3 is 2.30 bits per heavy atom. The number of rotatable bonds is 5. The van der Waals surface area contributed by atoms with Gasteiger partial charge in [-0.2, -0.15) is 0 Å². The van der Waals surface area contributed by atoms with Crippen molar-refractivity contribution in [3.8, 4) is 0 Å². The Kier molecular flexibility index (Phi) is 5.95. The van der Waals surface area contributed by atoms with Crippen molar-refractivity contribution in [1.82, 2.24) is 9.97 Å². The van der Waals surface area contributed by atoms with Crippen LogP contribution in [-0.4, -0.2) is 16.6 Å². The van der Waals surface area contributed by atoms with Crippen LogP contribution in [0, 0.1) is 11.3 Å². The molecule has 0 amide bonds. The lowest BCUT2D eigenvalue weighted by Crippen LogP contribution is -2.24. The number of hydrogen-bond acceptors (Lipinski definition) is 4. The van der Waals surface area contributed by atoms with E-state index in [1.54, 1.807) is 0 Å². The number of anilines is 1. The van der Waals surface area contributed by atoms with E-state index in [9.17, 15) is 0 Å². The fourth-order valence-corrected chi connectivity index (χ4v) is 2.39. The number of halogens is 1. The molecule has 0 aliphatic rings. The topological polar surface area (TPSA) is 61.0 Å². The Hall–Kier alpha value is -0.680. The van der Waals surface area contributed by atoms with Crippen LogP contribution in [0.2, 0.25) is 0 Å². The molecule has 0 spiro atoms. The number of nitrogens with zero attached hydrogens (tertiary/aromatic N) is 2. The summed E-state index contributed by atoms with van der Waals surface area (Å²) in [5, 5.41) is 0. The minimum absolute atomic E-state index is 0.0780. The van der Waals surface area contributed by atoms with Crippen molar-refractivity contribution in [2.75, 3.05) is 12.3 Å². The van der Waals surface area contributed by atoms with Crippen LogP contribution < -0.4 is 5.73 Å². The van der Waals surface area contributed by atoms with Crippen LogP contribution in [0.4, 0.5) is 5.82 Å². The van der Waals surface area contributed by atoms with Gasteiger partial charge in [0.2, 0.25) is 0 Å². The van der Waals surface area contributed by atoms with Gasteiger partial charge in [-0.05, 0) is 40.6 Å². The largest absolute Gasteiger partial charge is 0.383 e. The maximum Gasteiger partial charge on any atom is 0.160 e. The molecule has 0 aliphatic carbocycles. The average molecular weight is 344 g/mol. The van der Waals surface area contributed by atoms with E-state index in [1.807, 2.05) is 6.92 Å². The smallest absolute Gasteiger partial charge is 0.160 e. The van der Waals surface area contributed by atoms with Crippen LogP contribution in [0.3, 0.4) is 0 Å². The van der Waals surface area contributed by atoms with Gasteiger partial charge in [-0.15, -0.1) is 0 Å². The zero-order valence-electron chi connectivity index (χ0n) is 13.3. The predicted octanol–water partition coefficient (Wildman–Crippen LogP) is 4.14. The highest BCUT2D eigenvalue weighted by Crippen LogP contribution is 2.36. The molecule has 0 fully saturated rings. The van der Waals surface area contributed by atoms with E-state index in [4.69, 9.17) is 15.5 Å². The first kappa shape index (κ1) is 17.4. The van der Waals surface area contributed by atoms with Crippen molar-refractivity contribution >= 4 is 21.7 Å². The monoisotopic (exact) mass is 343 g/mol. The molecule has 20 heavy (non-hydrogen) atoms. The van der Waals surface area contributed by atoms with Crippen LogP contribution in [-0.2, 0) is 11.2 Å². The van der Waals surface area contributed by atoms with Gasteiger partial charge in [-0.25, -0.2) is 9.97 Å². The fraction of sp³-hybridized carbons (Fsp3) is 0.733. The first-order valence-electron chi connectivity index (χ1n) is 7.10. The second kappa shape index (κ2) is 6.85. The molecule has 0 aromatic carbocycles. The maximum absolute atomic E-state index is 6.02. The highest BCUT2D eigenvalue weighted by molar-refractivity contribution is 9.10. The third kappa shape index (κ3) is 4.42. The summed E-state index contributed by atoms with van der Waals surface area (Å²) < 4.78 is 6.66. The van der Waals surface area contributed by atoms with Gasteiger partial charge < -0.3 is 10.5 Å². The summed E-state index contributed by atoms with van der Waals surface area (Å²) in [7, 11) is 0. The van der Waals surface area contributed by atoms with E-state index in [0.717, 1.165) is 16.6 Å². The van der Waals surface area contributed by atoms with E-state index >= 15 is 0 Å². The molecule has 1 rings (SSSR count). The lowest BCUT2D eigenvalue weighted by molar-refractivity contribution is -0.0191. The van der Waals surface area contributed by atoms with Crippen molar-refractivity contribution in [3.63, 3.8) is 0 Å². The van der Waals surface area contributed by atoms with Crippen molar-refractivity contribution in [2.24, 2.45) is 11.3 Å². The summed E-state index contributed by atoms with van der Waals surface area (Å²) >= 11 is 3.49. The zero-order chi connectivity index (χ0) is 15.5. The van der Waals surface area contributed by atoms with Crippen LogP contribution in [0.1, 0.15) is 59.2 Å². The highest BCUT2D eigenvalue weighted by atomic mass is 79.9. The Bertz CT molecular complexity index is 455. The van der Waals surface area contributed by atoms with E-state index in [-0.39, 0.29) is 11.5 Å². The lowest BCUT2D eigenvalue weighted by atomic mass is 9.88. The number of ether oxygens (including phenoxy) is 1. The lowest BCUT2D eigenvalue weighted by Gasteiger charge is -2.29. The normalized spacial score (nSPS) is 13.8. The summed E-state index contributed by atoms with van der Waals surface area (Å²) in [6.07, 6.45) is 0.706. The van der Waals surface area contributed by atoms with Crippen molar-refractivity contribution in [1.29, 1.82) is 0 Å². The molecule has 4 nitrogen and oxygen atoms in total. The third-order valence-electron chi connectivity index (χ3n) is 2.92. The second-order valence-corrected chi connectivity index (χ2v) is 7.32. The Morgan fingerprint density at radius 2 is 1.85 bits per heavy atom. The zero-order valence-corrected chi connectivity index (χ0v) is 14.9. The van der Waals surface area contributed by atoms with E-state index < -0.39 is 0 Å². The Morgan fingerprint density at radius 1 is 1.25 bits per heavy atom. The number of nitrogen functional groups attached to an aromatic ring is 1. The molecule has 1 atom stereocenters. The molecule has 0 saturated heterocycles. The average Bonchev–Trinajstić information content (AvgIpc) is 2.29. The van der Waals surface area contributed by atoms with Gasteiger partial charge in [0.05, 0.1) is 10.2 Å². The molecule has 0 saturated carbocycles. The van der Waals surface area contributed by atoms with Crippen molar-refractivity contribution in [2.45, 2.75) is 54.1 Å². The van der Waals surface area contributed by atoms with Crippen LogP contribution >= 0.6 is 15.9 Å². The van der Waals surface area contributed by atoms with Gasteiger partial charge in [0.1, 0.15) is 11.9 Å². The summed E-state index contributed by atoms with van der Waals surface area (Å²) in [5.74, 6) is 1.67. The molecule has 5 heteroatoms. The molecule has 1 heterocycles. The van der Waals surface area contributed by atoms with Crippen molar-refractivity contribution < 1.29 is 4.74 Å². The standard InChI is InChI=1S/C15H26BrN3O/c1-7-20-12(15(4,5)6)14-18-10(8-9(2)3)11(16)13(17)19-14/h9,12H,7-8H2,1-6H3,(H2,17,18,19). The van der Waals surface area contributed by atoms with Gasteiger partial charge in [0, 0.05) is 6.61 Å². The molecule has 0 aliphatic heterocycles. The minimum atomic E-state index is -0.159. The molecule has 2 N–H and O–H groups in total. The summed E-state index contributed by atoms with van der Waals surface area (Å²) in [5.41, 5.74) is 6.90. The molecule has 1 unspecified atom stereocenters. The SMILES string of the molecule is CCOC(c1nc(N)c(Br)c(CC(C)C)n1)C(C)(C)C. The van der Waals surface area contributed by atoms with Gasteiger partial charge >= 0.3 is 0 Å². The maximum atomic E-state index is 6.02. The fourth-order valence-electron chi connectivity index (χ4n) is 2.05. The summed E-state index contributed by atoms with van der Waals surface area (Å²) in [6.45, 7) is 13.3. The molecule has 1 aromatic heterocycles. The van der Waals surface area contributed by atoms with Gasteiger partial charge in [-0.3, -0.25) is 0 Å². The van der Waals surface area contributed by atoms with Gasteiger partial charge in [-0.1, -0.05) is 34.6 Å². The van der Waals surface area contributed by atoms with Gasteiger partial charge in [0.15, 0.2) is 5.82 Å². The molecule has 0 radical (unpaired) electrons. The summed E-state index contributed by atoms with van der Waals surface area (Å²) in [4.78, 5) is 9.12. The van der Waals surface area contributed by atoms with E-state index in [0.29, 0.717) is 24.2 Å². The van der Waals surface area contributed by atoms with Crippen molar-refractivity contribution in [3.05, 3.63) is 16.0 Å². The Balaban J connectivity index is 3.26. The number of aromatic nitrogens is 2. The van der Waals surface area contributed by atoms with Crippen LogP contribution in [0.25, 0.3) is 0 Å². The first-order chi connectivity index (χ1) is 9.16. The molecular weight excluding hydrogens is 318 g/mol. The quantitative estimate of drug-likeness (QED) is 0.872. The molecule has 1 aromatic rings. The number of hydrogen-bond donors (Lipinski definition) is 1. The van der Waals surface area contributed by atoms with Crippen LogP contribution in [0.15, 0.2) is 4.47 Å². The Labute approximate surface area is 130 Å². The second-order valence-electron chi connectivity index (χ2n) is 6.53. The first-order valence-corrected chi connectivity index (χ1v) is 7.89. The van der Waals surface area contributed by atoms with E-state index in [1.165, 1.54) is 0 Å². The van der Waals surface area contributed by atoms with Crippen LogP contribution in [0.5, 0.6) is 0 Å². The number of nitrogens with two attached hydrogens (primary N) is 1. The molecule has 0 bridgehead atoms. The molecule has 114 valence electrons.